The lowest BCUT2D eigenvalue weighted by Gasteiger charge is -2.42. The second-order valence-electron chi connectivity index (χ2n) is 12.0. The molecule has 0 aromatic heterocycles. The van der Waals surface area contributed by atoms with E-state index in [1.54, 1.807) is 30.4 Å². The second-order valence-corrected chi connectivity index (χ2v) is 14.2. The van der Waals surface area contributed by atoms with Crippen LogP contribution in [0.1, 0.15) is 66.4 Å². The van der Waals surface area contributed by atoms with Crippen molar-refractivity contribution in [3.8, 4) is 5.75 Å². The number of carbonyl (C=O) groups excluding carboxylic acids is 1. The third-order valence-corrected chi connectivity index (χ3v) is 10.6. The Hall–Kier alpha value is -2.59. The molecule has 2 aromatic carbocycles. The first-order valence-electron chi connectivity index (χ1n) is 15.0. The number of aryl methyl sites for hydroxylation is 1. The standard InChI is InChI=1S/C32H41ClN2O6S/c1-2-3-6-22-14-26(33)10-12-27(22)25-17-35-16-24-8-11-28(24)30(37)7-4-5-21(18-36)20-42(39,40)34-32(38)23-9-13-31(41-19-25)29(35)15-23/h4,7,9-10,12-15,21,24-25,28,30,36-37H,2-3,5-6,8,11,16-20H2,1H3,(H,34,38)/b7-4+/t21-,24-,25-,28+,30+/m0/s1. The van der Waals surface area contributed by atoms with Gasteiger partial charge < -0.3 is 19.8 Å². The first-order chi connectivity index (χ1) is 20.2. The molecule has 0 spiro atoms. The molecule has 0 saturated heterocycles. The number of aliphatic hydroxyl groups excluding tert-OH is 2. The minimum Gasteiger partial charge on any atom is -0.491 e. The van der Waals surface area contributed by atoms with Gasteiger partial charge in [-0.25, -0.2) is 13.1 Å². The summed E-state index contributed by atoms with van der Waals surface area (Å²) in [6.07, 6.45) is 8.04. The summed E-state index contributed by atoms with van der Waals surface area (Å²) in [7, 11) is -4.01. The molecule has 5 rings (SSSR count). The van der Waals surface area contributed by atoms with Gasteiger partial charge in [-0.2, -0.15) is 0 Å². The van der Waals surface area contributed by atoms with Crippen molar-refractivity contribution in [2.75, 3.05) is 37.0 Å². The Morgan fingerprint density at radius 1 is 1.14 bits per heavy atom. The largest absolute Gasteiger partial charge is 0.491 e. The Balaban J connectivity index is 1.52. The summed E-state index contributed by atoms with van der Waals surface area (Å²) in [6.45, 7) is 3.59. The minimum atomic E-state index is -4.01. The maximum atomic E-state index is 13.2. The highest BCUT2D eigenvalue weighted by Crippen LogP contribution is 2.42. The number of nitrogens with one attached hydrogen (secondary N) is 1. The van der Waals surface area contributed by atoms with Crippen LogP contribution in [0.2, 0.25) is 5.02 Å². The number of aliphatic hydroxyl groups is 2. The van der Waals surface area contributed by atoms with Gasteiger partial charge in [-0.3, -0.25) is 4.79 Å². The Morgan fingerprint density at radius 2 is 1.98 bits per heavy atom. The van der Waals surface area contributed by atoms with Crippen LogP contribution in [0.15, 0.2) is 48.6 Å². The number of sulfonamides is 1. The van der Waals surface area contributed by atoms with Crippen molar-refractivity contribution in [3.63, 3.8) is 0 Å². The quantitative estimate of drug-likeness (QED) is 0.418. The molecule has 3 N–H and O–H groups in total. The number of anilines is 1. The number of rotatable bonds is 5. The maximum Gasteiger partial charge on any atom is 0.264 e. The normalized spacial score (nSPS) is 28.4. The molecule has 1 saturated carbocycles. The summed E-state index contributed by atoms with van der Waals surface area (Å²) in [5.41, 5.74) is 3.37. The third kappa shape index (κ3) is 7.13. The number of allylic oxidation sites excluding steroid dienone is 1. The molecule has 10 heteroatoms. The molecule has 1 aliphatic carbocycles. The van der Waals surface area contributed by atoms with Crippen molar-refractivity contribution in [1.82, 2.24) is 4.72 Å². The van der Waals surface area contributed by atoms with E-state index in [0.29, 0.717) is 30.5 Å². The molecule has 5 atom stereocenters. The van der Waals surface area contributed by atoms with Gasteiger partial charge in [-0.15, -0.1) is 0 Å². The van der Waals surface area contributed by atoms with Crippen molar-refractivity contribution in [2.24, 2.45) is 17.8 Å². The zero-order valence-electron chi connectivity index (χ0n) is 24.0. The molecule has 1 fully saturated rings. The van der Waals surface area contributed by atoms with Gasteiger partial charge in [0.15, 0.2) is 0 Å². The van der Waals surface area contributed by atoms with E-state index in [4.69, 9.17) is 16.3 Å². The predicted molar refractivity (Wildman–Crippen MR) is 165 cm³/mol. The van der Waals surface area contributed by atoms with E-state index in [2.05, 4.69) is 22.6 Å². The first-order valence-corrected chi connectivity index (χ1v) is 17.0. The van der Waals surface area contributed by atoms with Gasteiger partial charge in [0.25, 0.3) is 5.91 Å². The SMILES string of the molecule is CCCCc1cc(Cl)ccc1[C@@H]1COc2ccc3cc2N(C1)C[C@@H]1CC[C@H]1[C@H](O)/C=C/C[C@@H](CO)CS(=O)(=O)NC3=O. The molecule has 2 heterocycles. The highest BCUT2D eigenvalue weighted by Gasteiger charge is 2.38. The van der Waals surface area contributed by atoms with Crippen LogP contribution in [0, 0.1) is 17.8 Å². The fourth-order valence-electron chi connectivity index (χ4n) is 6.41. The van der Waals surface area contributed by atoms with Gasteiger partial charge in [-0.1, -0.05) is 43.2 Å². The van der Waals surface area contributed by atoms with E-state index in [1.807, 2.05) is 12.1 Å². The van der Waals surface area contributed by atoms with Gasteiger partial charge in [0.2, 0.25) is 10.0 Å². The fourth-order valence-corrected chi connectivity index (χ4v) is 7.95. The molecule has 0 radical (unpaired) electrons. The van der Waals surface area contributed by atoms with E-state index in [9.17, 15) is 23.4 Å². The summed E-state index contributed by atoms with van der Waals surface area (Å²) in [6, 6.07) is 11.1. The van der Waals surface area contributed by atoms with Gasteiger partial charge in [0.1, 0.15) is 5.75 Å². The number of carbonyl (C=O) groups is 1. The van der Waals surface area contributed by atoms with Gasteiger partial charge >= 0.3 is 0 Å². The van der Waals surface area contributed by atoms with Crippen LogP contribution in [0.5, 0.6) is 5.75 Å². The summed E-state index contributed by atoms with van der Waals surface area (Å²) in [5, 5.41) is 21.5. The van der Waals surface area contributed by atoms with E-state index in [0.717, 1.165) is 37.8 Å². The number of unbranched alkanes of at least 4 members (excludes halogenated alkanes) is 1. The number of nitrogens with zero attached hydrogens (tertiary/aromatic N) is 1. The van der Waals surface area contributed by atoms with Crippen molar-refractivity contribution >= 4 is 33.2 Å². The fraction of sp³-hybridized carbons (Fsp3) is 0.531. The Labute approximate surface area is 253 Å². The lowest BCUT2D eigenvalue weighted by Crippen LogP contribution is -2.44. The van der Waals surface area contributed by atoms with Crippen molar-refractivity contribution < 1.29 is 28.2 Å². The Bertz CT molecular complexity index is 1410. The molecule has 42 heavy (non-hydrogen) atoms. The minimum absolute atomic E-state index is 0.0449. The summed E-state index contributed by atoms with van der Waals surface area (Å²) in [4.78, 5) is 15.4. The van der Waals surface area contributed by atoms with Crippen molar-refractivity contribution in [3.05, 3.63) is 70.3 Å². The average molecular weight is 617 g/mol. The summed E-state index contributed by atoms with van der Waals surface area (Å²) >= 11 is 6.39. The van der Waals surface area contributed by atoms with Crippen LogP contribution in [0.3, 0.4) is 0 Å². The van der Waals surface area contributed by atoms with E-state index < -0.39 is 33.7 Å². The average Bonchev–Trinajstić information content (AvgIpc) is 3.11. The molecular formula is C32H41ClN2O6S. The number of benzene rings is 2. The molecule has 2 aromatic rings. The monoisotopic (exact) mass is 616 g/mol. The molecular weight excluding hydrogens is 576 g/mol. The van der Waals surface area contributed by atoms with Crippen LogP contribution >= 0.6 is 11.6 Å². The highest BCUT2D eigenvalue weighted by atomic mass is 35.5. The Kier molecular flexibility index (Phi) is 9.82. The summed E-state index contributed by atoms with van der Waals surface area (Å²) in [5.74, 6) is -0.715. The number of ether oxygens (including phenoxy) is 1. The lowest BCUT2D eigenvalue weighted by molar-refractivity contribution is 0.0460. The molecule has 2 bridgehead atoms. The molecule has 1 amide bonds. The van der Waals surface area contributed by atoms with Crippen molar-refractivity contribution in [2.45, 2.75) is 57.5 Å². The molecule has 228 valence electrons. The smallest absolute Gasteiger partial charge is 0.264 e. The Morgan fingerprint density at radius 3 is 2.71 bits per heavy atom. The molecule has 0 unspecified atom stereocenters. The van der Waals surface area contributed by atoms with Crippen LogP contribution in [-0.2, 0) is 16.4 Å². The number of hydrogen-bond donors (Lipinski definition) is 3. The molecule has 2 aliphatic heterocycles. The van der Waals surface area contributed by atoms with E-state index in [-0.39, 0.29) is 36.3 Å². The third-order valence-electron chi connectivity index (χ3n) is 8.92. The van der Waals surface area contributed by atoms with E-state index >= 15 is 0 Å². The maximum absolute atomic E-state index is 13.2. The summed E-state index contributed by atoms with van der Waals surface area (Å²) < 4.78 is 34.2. The lowest BCUT2D eigenvalue weighted by atomic mass is 9.70. The number of halogens is 1. The van der Waals surface area contributed by atoms with E-state index in [1.165, 1.54) is 11.1 Å². The molecule has 8 nitrogen and oxygen atoms in total. The second kappa shape index (κ2) is 13.4. The van der Waals surface area contributed by atoms with Crippen LogP contribution in [0.25, 0.3) is 0 Å². The van der Waals surface area contributed by atoms with Gasteiger partial charge in [-0.05, 0) is 85.4 Å². The topological polar surface area (TPSA) is 116 Å². The van der Waals surface area contributed by atoms with Gasteiger partial charge in [0, 0.05) is 42.1 Å². The van der Waals surface area contributed by atoms with Crippen LogP contribution in [0.4, 0.5) is 5.69 Å². The number of amides is 1. The molecule has 3 aliphatic rings. The zero-order chi connectivity index (χ0) is 29.9. The zero-order valence-corrected chi connectivity index (χ0v) is 25.6. The van der Waals surface area contributed by atoms with Gasteiger partial charge in [0.05, 0.1) is 24.2 Å². The number of fused-ring (bicyclic) bond motifs is 2. The van der Waals surface area contributed by atoms with Crippen LogP contribution in [-0.4, -0.2) is 62.7 Å². The van der Waals surface area contributed by atoms with Crippen molar-refractivity contribution in [1.29, 1.82) is 0 Å². The predicted octanol–water partition coefficient (Wildman–Crippen LogP) is 4.68. The van der Waals surface area contributed by atoms with Crippen LogP contribution < -0.4 is 14.4 Å². The highest BCUT2D eigenvalue weighted by molar-refractivity contribution is 7.90. The first kappa shape index (κ1) is 30.9. The number of hydrogen-bond acceptors (Lipinski definition) is 7.